The Balaban J connectivity index is 1.65. The van der Waals surface area contributed by atoms with Crippen LogP contribution in [0.25, 0.3) is 0 Å². The van der Waals surface area contributed by atoms with Gasteiger partial charge in [-0.15, -0.1) is 0 Å². The van der Waals surface area contributed by atoms with Crippen LogP contribution in [0.1, 0.15) is 11.1 Å². The zero-order valence-electron chi connectivity index (χ0n) is 15.5. The summed E-state index contributed by atoms with van der Waals surface area (Å²) in [6.07, 6.45) is 0.149. The maximum absolute atomic E-state index is 13.6. The molecule has 0 spiro atoms. The first kappa shape index (κ1) is 20.4. The van der Waals surface area contributed by atoms with Crippen LogP contribution < -0.4 is 4.90 Å². The number of carbonyl (C=O) groups is 1. The molecule has 2 saturated heterocycles. The minimum atomic E-state index is -3.18. The second kappa shape index (κ2) is 7.74. The molecule has 2 aliphatic rings. The molecule has 2 unspecified atom stereocenters. The monoisotopic (exact) mass is 452 g/mol. The Morgan fingerprint density at radius 1 is 1.24 bits per heavy atom. The lowest BCUT2D eigenvalue weighted by Crippen LogP contribution is -2.37. The van der Waals surface area contributed by atoms with Gasteiger partial charge in [-0.3, -0.25) is 4.79 Å². The van der Waals surface area contributed by atoms with Crippen LogP contribution in [0.15, 0.2) is 47.5 Å². The van der Waals surface area contributed by atoms with E-state index < -0.39 is 15.7 Å². The third kappa shape index (κ3) is 4.34. The van der Waals surface area contributed by atoms with Crippen LogP contribution in [0.2, 0.25) is 5.02 Å². The molecule has 0 saturated carbocycles. The van der Waals surface area contributed by atoms with E-state index in [4.69, 9.17) is 11.6 Å². The van der Waals surface area contributed by atoms with Crippen molar-refractivity contribution >= 4 is 50.0 Å². The molecular weight excluding hydrogens is 435 g/mol. The van der Waals surface area contributed by atoms with Crippen molar-refractivity contribution in [2.24, 2.45) is 4.99 Å². The second-order valence-electron chi connectivity index (χ2n) is 7.22. The van der Waals surface area contributed by atoms with Crippen molar-refractivity contribution in [3.05, 3.63) is 64.4 Å². The van der Waals surface area contributed by atoms with Crippen molar-refractivity contribution in [1.29, 1.82) is 0 Å². The molecule has 0 aliphatic carbocycles. The van der Waals surface area contributed by atoms with Crippen LogP contribution in [0, 0.1) is 12.7 Å². The third-order valence-corrected chi connectivity index (χ3v) is 8.44. The highest BCUT2D eigenvalue weighted by Crippen LogP contribution is 2.41. The minimum absolute atomic E-state index is 0.0267. The Hall–Kier alpha value is -1.90. The van der Waals surface area contributed by atoms with Gasteiger partial charge in [-0.2, -0.15) is 4.99 Å². The van der Waals surface area contributed by atoms with Crippen LogP contribution in [0.5, 0.6) is 0 Å². The van der Waals surface area contributed by atoms with Gasteiger partial charge in [0.2, 0.25) is 0 Å². The van der Waals surface area contributed by atoms with Crippen molar-refractivity contribution in [2.75, 3.05) is 16.4 Å². The van der Waals surface area contributed by atoms with Crippen molar-refractivity contribution in [2.45, 2.75) is 24.6 Å². The number of aliphatic imine (C=N–C) groups is 1. The molecule has 152 valence electrons. The summed E-state index contributed by atoms with van der Waals surface area (Å²) in [5.41, 5.74) is 2.48. The fourth-order valence-electron chi connectivity index (χ4n) is 3.53. The molecule has 5 nitrogen and oxygen atoms in total. The van der Waals surface area contributed by atoms with Gasteiger partial charge in [0.15, 0.2) is 15.0 Å². The first-order valence-electron chi connectivity index (χ1n) is 9.00. The van der Waals surface area contributed by atoms with Crippen molar-refractivity contribution < 1.29 is 17.6 Å². The molecule has 2 aromatic carbocycles. The molecule has 4 rings (SSSR count). The van der Waals surface area contributed by atoms with Gasteiger partial charge in [0.05, 0.1) is 29.0 Å². The van der Waals surface area contributed by atoms with Gasteiger partial charge >= 0.3 is 0 Å². The maximum atomic E-state index is 13.6. The van der Waals surface area contributed by atoms with Gasteiger partial charge in [0.25, 0.3) is 5.91 Å². The number of halogens is 2. The summed E-state index contributed by atoms with van der Waals surface area (Å²) in [6.45, 7) is 1.97. The summed E-state index contributed by atoms with van der Waals surface area (Å²) in [5.74, 6) is -0.895. The van der Waals surface area contributed by atoms with Gasteiger partial charge in [-0.1, -0.05) is 53.2 Å². The number of hydrogen-bond donors (Lipinski definition) is 0. The number of amides is 1. The quantitative estimate of drug-likeness (QED) is 0.711. The van der Waals surface area contributed by atoms with Crippen LogP contribution in [-0.2, 0) is 21.1 Å². The molecule has 2 aromatic rings. The molecule has 9 heteroatoms. The number of hydrogen-bond acceptors (Lipinski definition) is 4. The van der Waals surface area contributed by atoms with Gasteiger partial charge in [0.1, 0.15) is 5.82 Å². The third-order valence-electron chi connectivity index (χ3n) is 4.94. The number of sulfone groups is 1. The van der Waals surface area contributed by atoms with E-state index in [0.717, 1.165) is 11.1 Å². The van der Waals surface area contributed by atoms with E-state index in [1.54, 1.807) is 4.90 Å². The minimum Gasteiger partial charge on any atom is -0.316 e. The fourth-order valence-corrected chi connectivity index (χ4v) is 7.63. The van der Waals surface area contributed by atoms with Crippen LogP contribution in [0.4, 0.5) is 10.1 Å². The highest BCUT2D eigenvalue weighted by atomic mass is 35.5. The molecule has 1 amide bonds. The zero-order chi connectivity index (χ0) is 20.8. The molecule has 2 atom stereocenters. The van der Waals surface area contributed by atoms with Crippen molar-refractivity contribution in [1.82, 2.24) is 0 Å². The molecule has 0 aromatic heterocycles. The lowest BCUT2D eigenvalue weighted by molar-refractivity contribution is -0.117. The molecule has 0 radical (unpaired) electrons. The van der Waals surface area contributed by atoms with E-state index in [1.807, 2.05) is 31.2 Å². The predicted molar refractivity (Wildman–Crippen MR) is 115 cm³/mol. The highest BCUT2D eigenvalue weighted by molar-refractivity contribution is 8.16. The van der Waals surface area contributed by atoms with Gasteiger partial charge in [-0.25, -0.2) is 12.8 Å². The first-order valence-corrected chi connectivity index (χ1v) is 12.1. The second-order valence-corrected chi connectivity index (χ2v) is 11.0. The number of amidine groups is 1. The van der Waals surface area contributed by atoms with E-state index in [9.17, 15) is 17.6 Å². The predicted octanol–water partition coefficient (Wildman–Crippen LogP) is 3.63. The van der Waals surface area contributed by atoms with E-state index in [-0.39, 0.29) is 40.1 Å². The summed E-state index contributed by atoms with van der Waals surface area (Å²) in [7, 11) is -3.18. The lowest BCUT2D eigenvalue weighted by atomic mass is 10.1. The van der Waals surface area contributed by atoms with E-state index >= 15 is 0 Å². The lowest BCUT2D eigenvalue weighted by Gasteiger charge is -2.24. The molecule has 2 aliphatic heterocycles. The van der Waals surface area contributed by atoms with Crippen molar-refractivity contribution in [3.63, 3.8) is 0 Å². The largest absolute Gasteiger partial charge is 0.316 e. The number of nitrogens with zero attached hydrogens (tertiary/aromatic N) is 2. The summed E-state index contributed by atoms with van der Waals surface area (Å²) >= 11 is 7.21. The molecule has 29 heavy (non-hydrogen) atoms. The number of aryl methyl sites for hydroxylation is 1. The first-order chi connectivity index (χ1) is 13.7. The van der Waals surface area contributed by atoms with Crippen LogP contribution in [0.3, 0.4) is 0 Å². The molecular formula is C20H18ClFN2O3S2. The van der Waals surface area contributed by atoms with Gasteiger partial charge in [0, 0.05) is 10.9 Å². The Kier molecular flexibility index (Phi) is 5.44. The van der Waals surface area contributed by atoms with Crippen LogP contribution in [-0.4, -0.2) is 42.3 Å². The molecule has 2 fully saturated rings. The number of thioether (sulfide) groups is 1. The molecule has 0 N–H and O–H groups in total. The standard InChI is InChI=1S/C20H18ClFN2O3S2/c1-12-2-4-13(5-3-12)8-19(25)23-20-24(14-6-7-16(22)15(21)9-14)17-10-29(26,27)11-18(17)28-20/h2-7,9,17-18H,8,10-11H2,1H3. The summed E-state index contributed by atoms with van der Waals surface area (Å²) in [4.78, 5) is 18.5. The van der Waals surface area contributed by atoms with E-state index in [0.29, 0.717) is 10.9 Å². The van der Waals surface area contributed by atoms with Crippen molar-refractivity contribution in [3.8, 4) is 0 Å². The fraction of sp³-hybridized carbons (Fsp3) is 0.300. The zero-order valence-corrected chi connectivity index (χ0v) is 17.9. The average molecular weight is 453 g/mol. The Bertz CT molecular complexity index is 1100. The van der Waals surface area contributed by atoms with Gasteiger partial charge in [-0.05, 0) is 30.7 Å². The Morgan fingerprint density at radius 2 is 1.97 bits per heavy atom. The number of benzene rings is 2. The smallest absolute Gasteiger partial charge is 0.252 e. The summed E-state index contributed by atoms with van der Waals surface area (Å²) in [6, 6.07) is 11.5. The average Bonchev–Trinajstić information content (AvgIpc) is 3.10. The topological polar surface area (TPSA) is 66.8 Å². The highest BCUT2D eigenvalue weighted by Gasteiger charge is 2.49. The SMILES string of the molecule is Cc1ccc(CC(=O)N=C2SC3CS(=O)(=O)CC3N2c2ccc(F)c(Cl)c2)cc1. The molecule has 2 heterocycles. The van der Waals surface area contributed by atoms with Gasteiger partial charge < -0.3 is 4.90 Å². The Labute approximate surface area is 177 Å². The van der Waals surface area contributed by atoms with E-state index in [2.05, 4.69) is 4.99 Å². The number of rotatable bonds is 3. The Morgan fingerprint density at radius 3 is 2.66 bits per heavy atom. The van der Waals surface area contributed by atoms with E-state index in [1.165, 1.54) is 30.0 Å². The normalized spacial score (nSPS) is 24.1. The van der Waals surface area contributed by atoms with Crippen LogP contribution >= 0.6 is 23.4 Å². The number of fused-ring (bicyclic) bond motifs is 1. The maximum Gasteiger partial charge on any atom is 0.252 e. The summed E-state index contributed by atoms with van der Waals surface area (Å²) in [5, 5.41) is 0.131. The summed E-state index contributed by atoms with van der Waals surface area (Å²) < 4.78 is 37.8. The number of anilines is 1. The number of carbonyl (C=O) groups excluding carboxylic acids is 1. The molecule has 0 bridgehead atoms.